The van der Waals surface area contributed by atoms with Gasteiger partial charge < -0.3 is 14.9 Å². The van der Waals surface area contributed by atoms with Gasteiger partial charge in [-0.1, -0.05) is 6.08 Å². The molecule has 0 aromatic heterocycles. The standard InChI is InChI=1S/C10H17ClO4/c1-8(3-4-9(13)7-11)10(14)15-6-2-5-12/h3,9,12-13H,2,4-7H2,1H3. The number of rotatable bonds is 7. The maximum atomic E-state index is 11.2. The molecule has 0 spiro atoms. The number of esters is 1. The van der Waals surface area contributed by atoms with Crippen LogP contribution in [0.25, 0.3) is 0 Å². The molecule has 0 bridgehead atoms. The molecular formula is C10H17ClO4. The van der Waals surface area contributed by atoms with Gasteiger partial charge in [0.2, 0.25) is 0 Å². The van der Waals surface area contributed by atoms with Gasteiger partial charge in [-0.15, -0.1) is 11.6 Å². The van der Waals surface area contributed by atoms with Crippen LogP contribution in [0.4, 0.5) is 0 Å². The summed E-state index contributed by atoms with van der Waals surface area (Å²) in [4.78, 5) is 11.2. The molecule has 1 atom stereocenters. The first kappa shape index (κ1) is 14.4. The molecule has 0 rings (SSSR count). The number of alkyl halides is 1. The highest BCUT2D eigenvalue weighted by Gasteiger charge is 2.06. The minimum atomic E-state index is -0.633. The van der Waals surface area contributed by atoms with Gasteiger partial charge in [0, 0.05) is 24.5 Å². The maximum absolute atomic E-state index is 11.2. The third-order valence-electron chi connectivity index (χ3n) is 1.73. The number of carbonyl (C=O) groups excluding carboxylic acids is 1. The van der Waals surface area contributed by atoms with Gasteiger partial charge in [0.15, 0.2) is 0 Å². The lowest BCUT2D eigenvalue weighted by atomic mass is 10.2. The van der Waals surface area contributed by atoms with Crippen molar-refractivity contribution < 1.29 is 19.7 Å². The number of ether oxygens (including phenoxy) is 1. The molecule has 0 saturated heterocycles. The summed E-state index contributed by atoms with van der Waals surface area (Å²) in [6.45, 7) is 1.82. The summed E-state index contributed by atoms with van der Waals surface area (Å²) in [7, 11) is 0. The summed E-state index contributed by atoms with van der Waals surface area (Å²) in [5.41, 5.74) is 0.442. The molecule has 15 heavy (non-hydrogen) atoms. The van der Waals surface area contributed by atoms with Crippen molar-refractivity contribution in [3.63, 3.8) is 0 Å². The van der Waals surface area contributed by atoms with Gasteiger partial charge in [-0.05, 0) is 13.3 Å². The molecule has 0 fully saturated rings. The zero-order valence-electron chi connectivity index (χ0n) is 8.78. The highest BCUT2D eigenvalue weighted by Crippen LogP contribution is 2.03. The first-order valence-electron chi connectivity index (χ1n) is 4.80. The quantitative estimate of drug-likeness (QED) is 0.298. The lowest BCUT2D eigenvalue weighted by Crippen LogP contribution is -2.10. The Kier molecular flexibility index (Phi) is 8.37. The molecule has 1 unspecified atom stereocenters. The van der Waals surface area contributed by atoms with Gasteiger partial charge >= 0.3 is 5.97 Å². The smallest absolute Gasteiger partial charge is 0.333 e. The molecule has 0 saturated carbocycles. The fourth-order valence-electron chi connectivity index (χ4n) is 0.802. The van der Waals surface area contributed by atoms with Crippen molar-refractivity contribution in [2.24, 2.45) is 0 Å². The Hall–Kier alpha value is -0.580. The van der Waals surface area contributed by atoms with Crippen LogP contribution in [0, 0.1) is 0 Å². The van der Waals surface area contributed by atoms with Crippen molar-refractivity contribution in [1.82, 2.24) is 0 Å². The van der Waals surface area contributed by atoms with Crippen LogP contribution in [0.3, 0.4) is 0 Å². The molecule has 0 heterocycles. The number of carbonyl (C=O) groups is 1. The van der Waals surface area contributed by atoms with E-state index in [1.54, 1.807) is 13.0 Å². The predicted molar refractivity (Wildman–Crippen MR) is 57.8 cm³/mol. The van der Waals surface area contributed by atoms with Crippen LogP contribution in [0.5, 0.6) is 0 Å². The zero-order chi connectivity index (χ0) is 11.7. The van der Waals surface area contributed by atoms with Gasteiger partial charge in [0.1, 0.15) is 0 Å². The van der Waals surface area contributed by atoms with E-state index in [9.17, 15) is 4.79 Å². The summed E-state index contributed by atoms with van der Waals surface area (Å²) in [6, 6.07) is 0. The molecule has 0 aliphatic rings. The van der Waals surface area contributed by atoms with E-state index >= 15 is 0 Å². The van der Waals surface area contributed by atoms with Gasteiger partial charge in [-0.25, -0.2) is 4.79 Å². The molecule has 5 heteroatoms. The van der Waals surface area contributed by atoms with E-state index in [0.717, 1.165) is 0 Å². The van der Waals surface area contributed by atoms with Crippen LogP contribution in [0.2, 0.25) is 0 Å². The normalized spacial score (nSPS) is 13.7. The maximum Gasteiger partial charge on any atom is 0.333 e. The average molecular weight is 237 g/mol. The van der Waals surface area contributed by atoms with Gasteiger partial charge in [0.25, 0.3) is 0 Å². The fourth-order valence-corrected chi connectivity index (χ4v) is 0.928. The largest absolute Gasteiger partial charge is 0.462 e. The molecule has 0 aromatic carbocycles. The molecule has 0 amide bonds. The van der Waals surface area contributed by atoms with Crippen molar-refractivity contribution >= 4 is 17.6 Å². The molecular weight excluding hydrogens is 220 g/mol. The van der Waals surface area contributed by atoms with Crippen LogP contribution in [-0.4, -0.2) is 41.4 Å². The highest BCUT2D eigenvalue weighted by molar-refractivity contribution is 6.18. The monoisotopic (exact) mass is 236 g/mol. The van der Waals surface area contributed by atoms with E-state index in [1.807, 2.05) is 0 Å². The molecule has 88 valence electrons. The third kappa shape index (κ3) is 7.36. The second-order valence-corrected chi connectivity index (χ2v) is 3.45. The van der Waals surface area contributed by atoms with Crippen molar-refractivity contribution in [2.45, 2.75) is 25.9 Å². The lowest BCUT2D eigenvalue weighted by Gasteiger charge is -2.05. The molecule has 0 aromatic rings. The van der Waals surface area contributed by atoms with E-state index < -0.39 is 12.1 Å². The lowest BCUT2D eigenvalue weighted by molar-refractivity contribution is -0.139. The fraction of sp³-hybridized carbons (Fsp3) is 0.700. The number of halogens is 1. The Bertz CT molecular complexity index is 215. The molecule has 2 N–H and O–H groups in total. The van der Waals surface area contributed by atoms with Gasteiger partial charge in [0.05, 0.1) is 12.7 Å². The number of aliphatic hydroxyl groups is 2. The molecule has 0 radical (unpaired) electrons. The van der Waals surface area contributed by atoms with Crippen LogP contribution in [-0.2, 0) is 9.53 Å². The van der Waals surface area contributed by atoms with Gasteiger partial charge in [-0.3, -0.25) is 0 Å². The van der Waals surface area contributed by atoms with Crippen LogP contribution >= 0.6 is 11.6 Å². The van der Waals surface area contributed by atoms with Crippen molar-refractivity contribution in [3.05, 3.63) is 11.6 Å². The average Bonchev–Trinajstić information content (AvgIpc) is 2.25. The van der Waals surface area contributed by atoms with Crippen LogP contribution < -0.4 is 0 Å². The van der Waals surface area contributed by atoms with Crippen molar-refractivity contribution in [2.75, 3.05) is 19.1 Å². The predicted octanol–water partition coefficient (Wildman–Crippen LogP) is 0.848. The molecule has 4 nitrogen and oxygen atoms in total. The summed E-state index contributed by atoms with van der Waals surface area (Å²) in [6.07, 6.45) is 1.73. The first-order chi connectivity index (χ1) is 7.11. The summed E-state index contributed by atoms with van der Waals surface area (Å²) in [5.74, 6) is -0.284. The topological polar surface area (TPSA) is 66.8 Å². The molecule has 0 aliphatic heterocycles. The Balaban J connectivity index is 3.86. The Morgan fingerprint density at radius 2 is 2.27 bits per heavy atom. The Morgan fingerprint density at radius 3 is 2.80 bits per heavy atom. The Morgan fingerprint density at radius 1 is 1.60 bits per heavy atom. The van der Waals surface area contributed by atoms with E-state index in [2.05, 4.69) is 0 Å². The van der Waals surface area contributed by atoms with E-state index in [1.165, 1.54) is 0 Å². The van der Waals surface area contributed by atoms with Crippen molar-refractivity contribution in [3.8, 4) is 0 Å². The number of hydrogen-bond acceptors (Lipinski definition) is 4. The van der Waals surface area contributed by atoms with E-state index in [-0.39, 0.29) is 19.1 Å². The SMILES string of the molecule is CC(=CCC(O)CCl)C(=O)OCCCO. The minimum Gasteiger partial charge on any atom is -0.462 e. The van der Waals surface area contributed by atoms with E-state index in [0.29, 0.717) is 18.4 Å². The Labute approximate surface area is 94.5 Å². The summed E-state index contributed by atoms with van der Waals surface area (Å²) < 4.78 is 4.83. The van der Waals surface area contributed by atoms with E-state index in [4.69, 9.17) is 26.6 Å². The highest BCUT2D eigenvalue weighted by atomic mass is 35.5. The number of hydrogen-bond donors (Lipinski definition) is 2. The second kappa shape index (κ2) is 8.71. The van der Waals surface area contributed by atoms with Crippen LogP contribution in [0.15, 0.2) is 11.6 Å². The first-order valence-corrected chi connectivity index (χ1v) is 5.34. The van der Waals surface area contributed by atoms with Crippen molar-refractivity contribution in [1.29, 1.82) is 0 Å². The number of aliphatic hydroxyl groups excluding tert-OH is 2. The third-order valence-corrected chi connectivity index (χ3v) is 2.09. The van der Waals surface area contributed by atoms with Gasteiger partial charge in [-0.2, -0.15) is 0 Å². The minimum absolute atomic E-state index is 0.000996. The second-order valence-electron chi connectivity index (χ2n) is 3.14. The van der Waals surface area contributed by atoms with Crippen LogP contribution in [0.1, 0.15) is 19.8 Å². The summed E-state index contributed by atoms with van der Waals surface area (Å²) in [5, 5.41) is 17.6. The molecule has 0 aliphatic carbocycles. The summed E-state index contributed by atoms with van der Waals surface area (Å²) >= 11 is 5.39. The zero-order valence-corrected chi connectivity index (χ0v) is 9.54.